The molecule has 1 aliphatic heterocycles. The highest BCUT2D eigenvalue weighted by atomic mass is 16.5. The van der Waals surface area contributed by atoms with Gasteiger partial charge in [0.15, 0.2) is 5.69 Å². The summed E-state index contributed by atoms with van der Waals surface area (Å²) in [5, 5.41) is 8.41. The van der Waals surface area contributed by atoms with E-state index < -0.39 is 0 Å². The van der Waals surface area contributed by atoms with Crippen molar-refractivity contribution in [3.8, 4) is 0 Å². The summed E-state index contributed by atoms with van der Waals surface area (Å²) in [6, 6.07) is 8.43. The van der Waals surface area contributed by atoms with Crippen molar-refractivity contribution in [1.29, 1.82) is 0 Å². The van der Waals surface area contributed by atoms with Crippen molar-refractivity contribution in [2.45, 2.75) is 45.2 Å². The van der Waals surface area contributed by atoms with Gasteiger partial charge in [-0.15, -0.1) is 0 Å². The lowest BCUT2D eigenvalue weighted by Gasteiger charge is -2.16. The van der Waals surface area contributed by atoms with E-state index in [-0.39, 0.29) is 11.9 Å². The van der Waals surface area contributed by atoms with Crippen molar-refractivity contribution in [1.82, 2.24) is 20.4 Å². The van der Waals surface area contributed by atoms with Crippen molar-refractivity contribution in [2.75, 3.05) is 13.1 Å². The summed E-state index contributed by atoms with van der Waals surface area (Å²) in [7, 11) is 0. The molecule has 1 aromatic carbocycles. The number of fused-ring (bicyclic) bond motifs is 1. The van der Waals surface area contributed by atoms with Gasteiger partial charge in [-0.05, 0) is 43.4 Å². The summed E-state index contributed by atoms with van der Waals surface area (Å²) >= 11 is 0. The Morgan fingerprint density at radius 1 is 1.32 bits per heavy atom. The third kappa shape index (κ3) is 3.33. The molecule has 28 heavy (non-hydrogen) atoms. The number of nitrogens with one attached hydrogen (secondary N) is 2. The number of hydrogen-bond acceptors (Lipinski definition) is 4. The van der Waals surface area contributed by atoms with E-state index >= 15 is 0 Å². The Morgan fingerprint density at radius 2 is 2.18 bits per heavy atom. The maximum absolute atomic E-state index is 12.6. The number of hydrogen-bond donors (Lipinski definition) is 2. The molecule has 2 fully saturated rings. The van der Waals surface area contributed by atoms with E-state index in [2.05, 4.69) is 58.6 Å². The van der Waals surface area contributed by atoms with Crippen LogP contribution in [0, 0.1) is 12.8 Å². The second-order valence-corrected chi connectivity index (χ2v) is 8.50. The normalized spacial score (nSPS) is 22.8. The fourth-order valence-electron chi connectivity index (χ4n) is 4.25. The number of benzene rings is 1. The molecule has 3 aromatic rings. The molecule has 2 aromatic heterocycles. The zero-order chi connectivity index (χ0) is 19.3. The highest BCUT2D eigenvalue weighted by molar-refractivity contribution is 5.92. The number of aryl methyl sites for hydroxylation is 1. The molecule has 2 atom stereocenters. The number of rotatable bonds is 5. The van der Waals surface area contributed by atoms with Gasteiger partial charge in [-0.25, -0.2) is 0 Å². The fraction of sp³-hybridized carbons (Fsp3) is 0.455. The Kier molecular flexibility index (Phi) is 4.23. The van der Waals surface area contributed by atoms with Crippen LogP contribution in [-0.2, 0) is 6.54 Å². The topological polar surface area (TPSA) is 74.2 Å². The maximum atomic E-state index is 12.6. The summed E-state index contributed by atoms with van der Waals surface area (Å²) in [5.41, 5.74) is 4.16. The molecule has 3 heterocycles. The maximum Gasteiger partial charge on any atom is 0.273 e. The van der Waals surface area contributed by atoms with Gasteiger partial charge in [-0.3, -0.25) is 9.69 Å². The number of nitrogens with zero attached hydrogens (tertiary/aromatic N) is 2. The van der Waals surface area contributed by atoms with E-state index in [4.69, 9.17) is 4.52 Å². The molecular formula is C22H26N4O2. The van der Waals surface area contributed by atoms with Gasteiger partial charge < -0.3 is 14.8 Å². The number of aromatic amines is 1. The Bertz CT molecular complexity index is 1020. The number of H-pyrrole nitrogens is 1. The van der Waals surface area contributed by atoms with Crippen LogP contribution in [0.4, 0.5) is 0 Å². The van der Waals surface area contributed by atoms with Crippen molar-refractivity contribution in [3.05, 3.63) is 53.0 Å². The Balaban J connectivity index is 1.24. The first-order valence-electron chi connectivity index (χ1n) is 10.1. The predicted octanol–water partition coefficient (Wildman–Crippen LogP) is 3.59. The van der Waals surface area contributed by atoms with E-state index in [9.17, 15) is 4.79 Å². The number of amides is 1. The fourth-order valence-corrected chi connectivity index (χ4v) is 4.25. The molecule has 0 radical (unpaired) electrons. The van der Waals surface area contributed by atoms with Gasteiger partial charge in [0.05, 0.1) is 0 Å². The van der Waals surface area contributed by atoms with Gasteiger partial charge in [0.1, 0.15) is 5.76 Å². The number of likely N-dealkylation sites (tertiary alicyclic amines) is 1. The summed E-state index contributed by atoms with van der Waals surface area (Å²) in [5.74, 6) is 1.58. The molecule has 146 valence electrons. The zero-order valence-electron chi connectivity index (χ0n) is 16.4. The molecular weight excluding hydrogens is 352 g/mol. The van der Waals surface area contributed by atoms with Crippen LogP contribution < -0.4 is 5.32 Å². The summed E-state index contributed by atoms with van der Waals surface area (Å²) in [4.78, 5) is 18.4. The average molecular weight is 378 g/mol. The van der Waals surface area contributed by atoms with E-state index in [1.165, 1.54) is 22.0 Å². The van der Waals surface area contributed by atoms with Gasteiger partial charge in [0.2, 0.25) is 0 Å². The smallest absolute Gasteiger partial charge is 0.273 e. The molecule has 1 aliphatic carbocycles. The standard InChI is InChI=1S/C22H26N4O2/c1-13-3-6-18-17(7-13)16(9-23-18)11-26-10-14(2)20(12-26)24-22(27)19-8-21(28-25-19)15-4-5-15/h3,6-9,14-15,20,23H,4-5,10-12H2,1-2H3,(H,24,27). The van der Waals surface area contributed by atoms with Crippen LogP contribution in [0.3, 0.4) is 0 Å². The molecule has 0 spiro atoms. The van der Waals surface area contributed by atoms with Gasteiger partial charge in [-0.1, -0.05) is 23.7 Å². The Hall–Kier alpha value is -2.60. The van der Waals surface area contributed by atoms with Gasteiger partial charge in [0.25, 0.3) is 5.91 Å². The van der Waals surface area contributed by atoms with Crippen molar-refractivity contribution < 1.29 is 9.32 Å². The molecule has 6 heteroatoms. The quantitative estimate of drug-likeness (QED) is 0.711. The molecule has 0 bridgehead atoms. The van der Waals surface area contributed by atoms with Crippen molar-refractivity contribution >= 4 is 16.8 Å². The first-order valence-corrected chi connectivity index (χ1v) is 10.1. The van der Waals surface area contributed by atoms with Crippen LogP contribution >= 0.6 is 0 Å². The van der Waals surface area contributed by atoms with E-state index in [1.807, 2.05) is 0 Å². The molecule has 1 saturated heterocycles. The second-order valence-electron chi connectivity index (χ2n) is 8.50. The van der Waals surface area contributed by atoms with E-state index in [0.717, 1.165) is 38.2 Å². The average Bonchev–Trinajstić information content (AvgIpc) is 3.11. The summed E-state index contributed by atoms with van der Waals surface area (Å²) < 4.78 is 5.32. The molecule has 6 nitrogen and oxygen atoms in total. The first-order chi connectivity index (χ1) is 13.6. The molecule has 5 rings (SSSR count). The van der Waals surface area contributed by atoms with Crippen LogP contribution in [-0.4, -0.2) is 40.1 Å². The number of carbonyl (C=O) groups excluding carboxylic acids is 1. The van der Waals surface area contributed by atoms with Gasteiger partial charge >= 0.3 is 0 Å². The second kappa shape index (κ2) is 6.78. The molecule has 2 N–H and O–H groups in total. The van der Waals surface area contributed by atoms with Crippen LogP contribution in [0.25, 0.3) is 10.9 Å². The molecule has 2 unspecified atom stereocenters. The lowest BCUT2D eigenvalue weighted by molar-refractivity contribution is 0.0922. The van der Waals surface area contributed by atoms with Gasteiger partial charge in [0, 0.05) is 54.8 Å². The molecule has 1 amide bonds. The van der Waals surface area contributed by atoms with Crippen LogP contribution in [0.5, 0.6) is 0 Å². The van der Waals surface area contributed by atoms with Crippen LogP contribution in [0.1, 0.15) is 53.1 Å². The Morgan fingerprint density at radius 3 is 3.00 bits per heavy atom. The van der Waals surface area contributed by atoms with Crippen LogP contribution in [0.15, 0.2) is 35.0 Å². The minimum Gasteiger partial charge on any atom is -0.361 e. The lowest BCUT2D eigenvalue weighted by Crippen LogP contribution is -2.39. The van der Waals surface area contributed by atoms with Crippen molar-refractivity contribution in [3.63, 3.8) is 0 Å². The molecule has 2 aliphatic rings. The zero-order valence-corrected chi connectivity index (χ0v) is 16.4. The molecule has 1 saturated carbocycles. The first kappa shape index (κ1) is 17.5. The number of carbonyl (C=O) groups is 1. The highest BCUT2D eigenvalue weighted by Crippen LogP contribution is 2.40. The lowest BCUT2D eigenvalue weighted by atomic mass is 10.1. The van der Waals surface area contributed by atoms with E-state index in [0.29, 0.717) is 17.5 Å². The largest absolute Gasteiger partial charge is 0.361 e. The highest BCUT2D eigenvalue weighted by Gasteiger charge is 2.33. The third-order valence-electron chi connectivity index (χ3n) is 6.06. The summed E-state index contributed by atoms with van der Waals surface area (Å²) in [6.07, 6.45) is 4.38. The predicted molar refractivity (Wildman–Crippen MR) is 107 cm³/mol. The monoisotopic (exact) mass is 378 g/mol. The minimum absolute atomic E-state index is 0.125. The Labute approximate surface area is 164 Å². The summed E-state index contributed by atoms with van der Waals surface area (Å²) in [6.45, 7) is 7.02. The number of aromatic nitrogens is 2. The van der Waals surface area contributed by atoms with Crippen LogP contribution in [0.2, 0.25) is 0 Å². The SMILES string of the molecule is Cc1ccc2[nH]cc(CN3CC(C)C(NC(=O)c4cc(C5CC5)on4)C3)c2c1. The van der Waals surface area contributed by atoms with E-state index in [1.54, 1.807) is 6.07 Å². The minimum atomic E-state index is -0.128. The van der Waals surface area contributed by atoms with Gasteiger partial charge in [-0.2, -0.15) is 0 Å². The third-order valence-corrected chi connectivity index (χ3v) is 6.06. The van der Waals surface area contributed by atoms with Crippen molar-refractivity contribution in [2.24, 2.45) is 5.92 Å².